The zero-order valence-corrected chi connectivity index (χ0v) is 17.7. The van der Waals surface area contributed by atoms with Gasteiger partial charge in [-0.3, -0.25) is 0 Å². The van der Waals surface area contributed by atoms with Gasteiger partial charge in [0.25, 0.3) is 0 Å². The van der Waals surface area contributed by atoms with Gasteiger partial charge in [0.05, 0.1) is 10.7 Å². The number of urea groups is 1. The Kier molecular flexibility index (Phi) is 5.76. The van der Waals surface area contributed by atoms with Gasteiger partial charge < -0.3 is 20.0 Å². The maximum Gasteiger partial charge on any atom is 0.322 e. The molecule has 2 aromatic rings. The third-order valence-corrected chi connectivity index (χ3v) is 5.81. The summed E-state index contributed by atoms with van der Waals surface area (Å²) in [6.07, 6.45) is 2.44. The highest BCUT2D eigenvalue weighted by Gasteiger charge is 2.24. The fourth-order valence-electron chi connectivity index (χ4n) is 3.86. The molecule has 4 rings (SSSR count). The number of carbonyl (C=O) groups excluding carboxylic acids is 1. The van der Waals surface area contributed by atoms with E-state index < -0.39 is 0 Å². The second-order valence-corrected chi connectivity index (χ2v) is 8.12. The van der Waals surface area contributed by atoms with Crippen molar-refractivity contribution in [3.05, 3.63) is 40.7 Å². The molecule has 7 nitrogen and oxygen atoms in total. The second-order valence-electron chi connectivity index (χ2n) is 7.71. The van der Waals surface area contributed by atoms with Gasteiger partial charge in [-0.05, 0) is 44.4 Å². The minimum absolute atomic E-state index is 0.118. The molecule has 2 aliphatic heterocycles. The molecule has 2 saturated heterocycles. The number of nitrogens with one attached hydrogen (secondary N) is 1. The molecule has 0 spiro atoms. The molecule has 0 radical (unpaired) electrons. The summed E-state index contributed by atoms with van der Waals surface area (Å²) in [6.45, 7) is 8.79. The van der Waals surface area contributed by atoms with Crippen LogP contribution in [-0.2, 0) is 0 Å². The minimum atomic E-state index is -0.118. The maximum atomic E-state index is 12.6. The van der Waals surface area contributed by atoms with Crippen molar-refractivity contribution < 1.29 is 4.79 Å². The first-order chi connectivity index (χ1) is 14.0. The molecule has 8 heteroatoms. The Hall–Kier alpha value is -2.54. The van der Waals surface area contributed by atoms with E-state index in [0.29, 0.717) is 23.8 Å². The van der Waals surface area contributed by atoms with Crippen LogP contribution < -0.4 is 15.1 Å². The smallest absolute Gasteiger partial charge is 0.322 e. The first kappa shape index (κ1) is 19.8. The number of piperazine rings is 1. The summed E-state index contributed by atoms with van der Waals surface area (Å²) in [6, 6.07) is 7.60. The highest BCUT2D eigenvalue weighted by Crippen LogP contribution is 2.25. The predicted octanol–water partition coefficient (Wildman–Crippen LogP) is 3.70. The van der Waals surface area contributed by atoms with E-state index in [-0.39, 0.29) is 6.03 Å². The molecule has 0 saturated carbocycles. The first-order valence-electron chi connectivity index (χ1n) is 10.2. The monoisotopic (exact) mass is 414 g/mol. The topological polar surface area (TPSA) is 64.6 Å². The van der Waals surface area contributed by atoms with Gasteiger partial charge in [0, 0.05) is 45.3 Å². The van der Waals surface area contributed by atoms with Crippen LogP contribution in [0.2, 0.25) is 5.02 Å². The van der Waals surface area contributed by atoms with Gasteiger partial charge >= 0.3 is 6.03 Å². The Balaban J connectivity index is 1.38. The molecular formula is C21H27ClN6O. The van der Waals surface area contributed by atoms with E-state index in [2.05, 4.69) is 31.2 Å². The quantitative estimate of drug-likeness (QED) is 0.829. The molecule has 2 fully saturated rings. The second kappa shape index (κ2) is 8.45. The zero-order valence-electron chi connectivity index (χ0n) is 17.0. The number of rotatable bonds is 3. The lowest BCUT2D eigenvalue weighted by Gasteiger charge is -2.35. The molecule has 3 heterocycles. The molecule has 0 bridgehead atoms. The van der Waals surface area contributed by atoms with Crippen LogP contribution >= 0.6 is 11.6 Å². The fraction of sp³-hybridized carbons (Fsp3) is 0.476. The minimum Gasteiger partial charge on any atom is -0.356 e. The van der Waals surface area contributed by atoms with Gasteiger partial charge in [-0.25, -0.2) is 14.8 Å². The predicted molar refractivity (Wildman–Crippen MR) is 117 cm³/mol. The fourth-order valence-corrected chi connectivity index (χ4v) is 4.14. The van der Waals surface area contributed by atoms with E-state index >= 15 is 0 Å². The Morgan fingerprint density at radius 3 is 2.17 bits per heavy atom. The number of nitrogens with zero attached hydrogens (tertiary/aromatic N) is 5. The van der Waals surface area contributed by atoms with Crippen LogP contribution in [0.5, 0.6) is 0 Å². The average Bonchev–Trinajstić information content (AvgIpc) is 3.25. The first-order valence-corrected chi connectivity index (χ1v) is 10.5. The number of benzene rings is 1. The number of halogens is 1. The van der Waals surface area contributed by atoms with E-state index in [9.17, 15) is 4.79 Å². The van der Waals surface area contributed by atoms with E-state index in [1.165, 1.54) is 12.8 Å². The number of anilines is 3. The van der Waals surface area contributed by atoms with Crippen molar-refractivity contribution in [1.82, 2.24) is 14.9 Å². The number of hydrogen-bond donors (Lipinski definition) is 1. The van der Waals surface area contributed by atoms with Crippen molar-refractivity contribution in [3.63, 3.8) is 0 Å². The van der Waals surface area contributed by atoms with Crippen LogP contribution in [0.25, 0.3) is 0 Å². The third kappa shape index (κ3) is 4.56. The number of carbonyl (C=O) groups is 1. The molecular weight excluding hydrogens is 388 g/mol. The number of hydrogen-bond acceptors (Lipinski definition) is 5. The van der Waals surface area contributed by atoms with E-state index in [4.69, 9.17) is 11.6 Å². The van der Waals surface area contributed by atoms with Crippen molar-refractivity contribution in [2.75, 3.05) is 54.4 Å². The standard InChI is InChI=1S/C21H27ClN6O/c1-15-5-6-18(17(22)13-15)25-21(29)28-11-9-27(10-12-28)20-14-19(23-16(2)24-20)26-7-3-4-8-26/h5-6,13-14H,3-4,7-12H2,1-2H3,(H,25,29). The maximum absolute atomic E-state index is 12.6. The molecule has 0 unspecified atom stereocenters. The number of aryl methyl sites for hydroxylation is 2. The Morgan fingerprint density at radius 2 is 1.55 bits per heavy atom. The Labute approximate surface area is 176 Å². The summed E-state index contributed by atoms with van der Waals surface area (Å²) >= 11 is 6.24. The molecule has 154 valence electrons. The van der Waals surface area contributed by atoms with Gasteiger partial charge in [0.1, 0.15) is 17.5 Å². The van der Waals surface area contributed by atoms with Gasteiger partial charge in [0.15, 0.2) is 0 Å². The lowest BCUT2D eigenvalue weighted by atomic mass is 10.2. The summed E-state index contributed by atoms with van der Waals surface area (Å²) in [4.78, 5) is 28.3. The summed E-state index contributed by atoms with van der Waals surface area (Å²) in [5.74, 6) is 2.75. The lowest BCUT2D eigenvalue weighted by molar-refractivity contribution is 0.208. The van der Waals surface area contributed by atoms with E-state index in [1.54, 1.807) is 0 Å². The average molecular weight is 415 g/mol. The van der Waals surface area contributed by atoms with Crippen LogP contribution in [0.4, 0.5) is 22.1 Å². The van der Waals surface area contributed by atoms with Crippen LogP contribution in [0.1, 0.15) is 24.2 Å². The highest BCUT2D eigenvalue weighted by atomic mass is 35.5. The summed E-state index contributed by atoms with van der Waals surface area (Å²) in [7, 11) is 0. The summed E-state index contributed by atoms with van der Waals surface area (Å²) < 4.78 is 0. The van der Waals surface area contributed by atoms with Crippen molar-refractivity contribution in [1.29, 1.82) is 0 Å². The normalized spacial score (nSPS) is 17.0. The molecule has 29 heavy (non-hydrogen) atoms. The zero-order chi connectivity index (χ0) is 20.4. The van der Waals surface area contributed by atoms with Crippen molar-refractivity contribution in [2.45, 2.75) is 26.7 Å². The van der Waals surface area contributed by atoms with Crippen LogP contribution in [0.15, 0.2) is 24.3 Å². The van der Waals surface area contributed by atoms with E-state index in [0.717, 1.165) is 49.2 Å². The van der Waals surface area contributed by atoms with Crippen molar-refractivity contribution >= 4 is 35.0 Å². The van der Waals surface area contributed by atoms with Crippen LogP contribution in [0.3, 0.4) is 0 Å². The molecule has 0 atom stereocenters. The lowest BCUT2D eigenvalue weighted by Crippen LogP contribution is -2.50. The molecule has 1 N–H and O–H groups in total. The number of amides is 2. The molecule has 0 aliphatic carbocycles. The van der Waals surface area contributed by atoms with Gasteiger partial charge in [-0.2, -0.15) is 0 Å². The Morgan fingerprint density at radius 1 is 0.931 bits per heavy atom. The number of aromatic nitrogens is 2. The highest BCUT2D eigenvalue weighted by molar-refractivity contribution is 6.33. The third-order valence-electron chi connectivity index (χ3n) is 5.50. The van der Waals surface area contributed by atoms with Crippen LogP contribution in [0, 0.1) is 13.8 Å². The largest absolute Gasteiger partial charge is 0.356 e. The van der Waals surface area contributed by atoms with Gasteiger partial charge in [-0.1, -0.05) is 17.7 Å². The van der Waals surface area contributed by atoms with Crippen molar-refractivity contribution in [3.8, 4) is 0 Å². The molecule has 2 amide bonds. The van der Waals surface area contributed by atoms with Gasteiger partial charge in [0.2, 0.25) is 0 Å². The summed E-state index contributed by atoms with van der Waals surface area (Å²) in [5.41, 5.74) is 1.71. The van der Waals surface area contributed by atoms with Crippen LogP contribution in [-0.4, -0.2) is 60.2 Å². The van der Waals surface area contributed by atoms with Gasteiger partial charge in [-0.15, -0.1) is 0 Å². The van der Waals surface area contributed by atoms with Crippen molar-refractivity contribution in [2.24, 2.45) is 0 Å². The molecule has 1 aromatic heterocycles. The SMILES string of the molecule is Cc1ccc(NC(=O)N2CCN(c3cc(N4CCCC4)nc(C)n3)CC2)c(Cl)c1. The molecule has 1 aromatic carbocycles. The van der Waals surface area contributed by atoms with E-state index in [1.807, 2.05) is 36.9 Å². The Bertz CT molecular complexity index is 891. The molecule has 2 aliphatic rings. The summed E-state index contributed by atoms with van der Waals surface area (Å²) in [5, 5.41) is 3.48.